The number of anilines is 1. The van der Waals surface area contributed by atoms with Gasteiger partial charge in [-0.15, -0.1) is 11.3 Å². The van der Waals surface area contributed by atoms with Crippen LogP contribution in [0.5, 0.6) is 5.75 Å². The van der Waals surface area contributed by atoms with Gasteiger partial charge in [0.1, 0.15) is 11.8 Å². The smallest absolute Gasteiger partial charge is 0.196 e. The van der Waals surface area contributed by atoms with Gasteiger partial charge in [-0.05, 0) is 36.4 Å². The van der Waals surface area contributed by atoms with E-state index in [0.717, 1.165) is 22.7 Å². The van der Waals surface area contributed by atoms with Crippen molar-refractivity contribution in [3.05, 3.63) is 59.2 Å². The van der Waals surface area contributed by atoms with Crippen molar-refractivity contribution in [2.45, 2.75) is 0 Å². The van der Waals surface area contributed by atoms with E-state index in [1.165, 1.54) is 11.3 Å². The van der Waals surface area contributed by atoms with Crippen LogP contribution < -0.4 is 10.2 Å². The molecule has 2 heterocycles. The Morgan fingerprint density at radius 2 is 1.96 bits per heavy atom. The lowest BCUT2D eigenvalue weighted by atomic mass is 10.2. The summed E-state index contributed by atoms with van der Waals surface area (Å²) in [6.07, 6.45) is 3.30. The van der Waals surface area contributed by atoms with Crippen LogP contribution in [0.15, 0.2) is 59.3 Å². The van der Waals surface area contributed by atoms with Crippen molar-refractivity contribution >= 4 is 22.7 Å². The summed E-state index contributed by atoms with van der Waals surface area (Å²) in [4.78, 5) is 8.42. The number of nitriles is 1. The van der Waals surface area contributed by atoms with Crippen molar-refractivity contribution < 1.29 is 4.74 Å². The summed E-state index contributed by atoms with van der Waals surface area (Å²) in [6.45, 7) is 0. The van der Waals surface area contributed by atoms with E-state index in [9.17, 15) is 5.26 Å². The van der Waals surface area contributed by atoms with Crippen LogP contribution in [-0.4, -0.2) is 22.8 Å². The molecule has 24 heavy (non-hydrogen) atoms. The Balaban J connectivity index is 1.81. The first kappa shape index (κ1) is 15.6. The van der Waals surface area contributed by atoms with Gasteiger partial charge in [0.25, 0.3) is 0 Å². The van der Waals surface area contributed by atoms with Crippen LogP contribution in [0, 0.1) is 11.3 Å². The molecule has 0 bridgehead atoms. The summed E-state index contributed by atoms with van der Waals surface area (Å²) >= 11 is 1.37. The van der Waals surface area contributed by atoms with Crippen LogP contribution in [0.1, 0.15) is 5.01 Å². The number of rotatable bonds is 5. The third-order valence-corrected chi connectivity index (χ3v) is 4.02. The predicted octanol–water partition coefficient (Wildman–Crippen LogP) is 3.55. The molecule has 7 heteroatoms. The van der Waals surface area contributed by atoms with Crippen LogP contribution >= 0.6 is 11.3 Å². The van der Waals surface area contributed by atoms with E-state index in [-0.39, 0.29) is 5.71 Å². The Morgan fingerprint density at radius 1 is 1.21 bits per heavy atom. The average molecular weight is 335 g/mol. The van der Waals surface area contributed by atoms with Crippen molar-refractivity contribution in [1.82, 2.24) is 9.97 Å². The van der Waals surface area contributed by atoms with Crippen molar-refractivity contribution in [3.63, 3.8) is 0 Å². The summed E-state index contributed by atoms with van der Waals surface area (Å²) in [5.74, 6) is 0.787. The van der Waals surface area contributed by atoms with Crippen molar-refractivity contribution in [3.8, 4) is 23.1 Å². The zero-order valence-electron chi connectivity index (χ0n) is 12.8. The van der Waals surface area contributed by atoms with Gasteiger partial charge in [-0.3, -0.25) is 10.4 Å². The van der Waals surface area contributed by atoms with E-state index >= 15 is 0 Å². The fraction of sp³-hybridized carbons (Fsp3) is 0.0588. The molecule has 3 aromatic rings. The number of methoxy groups -OCH3 is 1. The molecule has 0 saturated heterocycles. The minimum atomic E-state index is 0.233. The monoisotopic (exact) mass is 335 g/mol. The van der Waals surface area contributed by atoms with Gasteiger partial charge in [-0.25, -0.2) is 4.98 Å². The summed E-state index contributed by atoms with van der Waals surface area (Å²) in [5.41, 5.74) is 5.57. The number of hydrogen-bond donors (Lipinski definition) is 1. The van der Waals surface area contributed by atoms with Crippen molar-refractivity contribution in [1.29, 1.82) is 5.26 Å². The number of ether oxygens (including phenoxy) is 1. The van der Waals surface area contributed by atoms with Gasteiger partial charge >= 0.3 is 0 Å². The molecule has 1 aromatic carbocycles. The molecule has 0 amide bonds. The Bertz CT molecular complexity index is 881. The minimum Gasteiger partial charge on any atom is -0.497 e. The molecule has 3 rings (SSSR count). The molecule has 0 spiro atoms. The molecule has 6 nitrogen and oxygen atoms in total. The van der Waals surface area contributed by atoms with Crippen LogP contribution in [0.25, 0.3) is 11.3 Å². The summed E-state index contributed by atoms with van der Waals surface area (Å²) < 4.78 is 5.15. The summed E-state index contributed by atoms with van der Waals surface area (Å²) in [5, 5.41) is 15.9. The first-order valence-electron chi connectivity index (χ1n) is 7.04. The van der Waals surface area contributed by atoms with Crippen LogP contribution in [0.3, 0.4) is 0 Å². The first-order valence-corrected chi connectivity index (χ1v) is 7.92. The van der Waals surface area contributed by atoms with Crippen molar-refractivity contribution in [2.75, 3.05) is 12.5 Å². The fourth-order valence-corrected chi connectivity index (χ4v) is 2.71. The number of hydrogen-bond acceptors (Lipinski definition) is 7. The highest BCUT2D eigenvalue weighted by Crippen LogP contribution is 2.24. The van der Waals surface area contributed by atoms with E-state index in [1.54, 1.807) is 31.6 Å². The lowest BCUT2D eigenvalue weighted by molar-refractivity contribution is 0.415. The molecular formula is C17H13N5OS. The Kier molecular flexibility index (Phi) is 4.79. The molecule has 0 saturated carbocycles. The van der Waals surface area contributed by atoms with E-state index in [2.05, 4.69) is 26.6 Å². The normalized spacial score (nSPS) is 10.9. The molecule has 0 fully saturated rings. The first-order chi connectivity index (χ1) is 11.8. The highest BCUT2D eigenvalue weighted by atomic mass is 32.1. The topological polar surface area (TPSA) is 83.2 Å². The van der Waals surface area contributed by atoms with E-state index in [1.807, 2.05) is 29.6 Å². The van der Waals surface area contributed by atoms with Crippen molar-refractivity contribution in [2.24, 2.45) is 5.10 Å². The highest BCUT2D eigenvalue weighted by molar-refractivity contribution is 7.12. The maximum atomic E-state index is 9.32. The van der Waals surface area contributed by atoms with E-state index < -0.39 is 0 Å². The summed E-state index contributed by atoms with van der Waals surface area (Å²) in [6, 6.07) is 13.2. The van der Waals surface area contributed by atoms with Gasteiger partial charge in [0.05, 0.1) is 18.5 Å². The number of aromatic nitrogens is 2. The van der Waals surface area contributed by atoms with Crippen LogP contribution in [0.4, 0.5) is 5.69 Å². The SMILES string of the molecule is COc1ccc(-c2csc(C(C#N)=NNc3ccncc3)n2)cc1. The van der Waals surface area contributed by atoms with Gasteiger partial charge in [0.15, 0.2) is 10.7 Å². The number of nitrogens with one attached hydrogen (secondary N) is 1. The lowest BCUT2D eigenvalue weighted by Crippen LogP contribution is -2.01. The molecule has 118 valence electrons. The maximum absolute atomic E-state index is 9.32. The zero-order valence-corrected chi connectivity index (χ0v) is 13.6. The molecule has 0 aliphatic heterocycles. The van der Waals surface area contributed by atoms with E-state index in [0.29, 0.717) is 5.01 Å². The molecule has 0 radical (unpaired) electrons. The van der Waals surface area contributed by atoms with Gasteiger partial charge in [-0.2, -0.15) is 10.4 Å². The van der Waals surface area contributed by atoms with Crippen LogP contribution in [-0.2, 0) is 0 Å². The number of thiazole rings is 1. The van der Waals surface area contributed by atoms with Gasteiger partial charge in [0, 0.05) is 23.3 Å². The van der Waals surface area contributed by atoms with Gasteiger partial charge in [-0.1, -0.05) is 0 Å². The van der Waals surface area contributed by atoms with E-state index in [4.69, 9.17) is 4.74 Å². The third-order valence-electron chi connectivity index (χ3n) is 3.18. The highest BCUT2D eigenvalue weighted by Gasteiger charge is 2.10. The molecule has 0 atom stereocenters. The number of benzene rings is 1. The molecule has 1 N–H and O–H groups in total. The average Bonchev–Trinajstić information content (AvgIpc) is 3.13. The third kappa shape index (κ3) is 3.56. The van der Waals surface area contributed by atoms with Gasteiger partial charge < -0.3 is 4.74 Å². The fourth-order valence-electron chi connectivity index (χ4n) is 1.94. The Hall–Kier alpha value is -3.24. The summed E-state index contributed by atoms with van der Waals surface area (Å²) in [7, 11) is 1.63. The number of nitrogens with zero attached hydrogens (tertiary/aromatic N) is 4. The minimum absolute atomic E-state index is 0.233. The largest absolute Gasteiger partial charge is 0.497 e. The second-order valence-electron chi connectivity index (χ2n) is 4.69. The standard InChI is InChI=1S/C17H13N5OS/c1-23-14-4-2-12(3-5-14)16-11-24-17(20-16)15(10-18)22-21-13-6-8-19-9-7-13/h2-9,11H,1H3,(H,19,21). The Labute approximate surface area is 143 Å². The molecule has 0 unspecified atom stereocenters. The predicted molar refractivity (Wildman–Crippen MR) is 94.1 cm³/mol. The lowest BCUT2D eigenvalue weighted by Gasteiger charge is -2.00. The molecule has 0 aliphatic rings. The Morgan fingerprint density at radius 3 is 2.62 bits per heavy atom. The second kappa shape index (κ2) is 7.35. The molecule has 2 aromatic heterocycles. The second-order valence-corrected chi connectivity index (χ2v) is 5.54. The van der Waals surface area contributed by atoms with Crippen LogP contribution in [0.2, 0.25) is 0 Å². The zero-order chi connectivity index (χ0) is 16.8. The quantitative estimate of drug-likeness (QED) is 0.569. The number of hydrazone groups is 1. The molecular weight excluding hydrogens is 322 g/mol. The molecule has 0 aliphatic carbocycles. The maximum Gasteiger partial charge on any atom is 0.196 e. The number of pyridine rings is 1. The van der Waals surface area contributed by atoms with Gasteiger partial charge in [0.2, 0.25) is 0 Å².